The second kappa shape index (κ2) is 5.86. The molecule has 0 amide bonds. The van der Waals surface area contributed by atoms with E-state index in [4.69, 9.17) is 4.74 Å². The van der Waals surface area contributed by atoms with Crippen LogP contribution in [-0.2, 0) is 5.41 Å². The summed E-state index contributed by atoms with van der Waals surface area (Å²) in [7, 11) is 0. The fourth-order valence-corrected chi connectivity index (χ4v) is 2.06. The first-order chi connectivity index (χ1) is 9.77. The van der Waals surface area contributed by atoms with E-state index in [0.29, 0.717) is 11.4 Å². The molecule has 0 radical (unpaired) electrons. The molecule has 0 saturated carbocycles. The molecule has 1 aromatic heterocycles. The van der Waals surface area contributed by atoms with Crippen LogP contribution >= 0.6 is 0 Å². The maximum Gasteiger partial charge on any atom is 0.145 e. The predicted molar refractivity (Wildman–Crippen MR) is 84.8 cm³/mol. The molecular weight excluding hydrogens is 262 g/mol. The standard InChI is InChI=1S/C18H23NO2/c1-12-10-14(18(3,4)5)6-9-17(12)21-15-7-8-16(13(2)20)19-11-15/h6-11,13,20H,1-5H3/t13-/m1/s1. The molecule has 2 rings (SSSR count). The molecule has 1 heterocycles. The summed E-state index contributed by atoms with van der Waals surface area (Å²) >= 11 is 0. The van der Waals surface area contributed by atoms with Gasteiger partial charge >= 0.3 is 0 Å². The number of aliphatic hydroxyl groups is 1. The van der Waals surface area contributed by atoms with Crippen molar-refractivity contribution >= 4 is 0 Å². The number of benzene rings is 1. The molecule has 0 aliphatic carbocycles. The van der Waals surface area contributed by atoms with Gasteiger partial charge in [0.15, 0.2) is 0 Å². The molecule has 0 unspecified atom stereocenters. The first-order valence-corrected chi connectivity index (χ1v) is 7.20. The molecule has 3 nitrogen and oxygen atoms in total. The Kier molecular flexibility index (Phi) is 4.33. The number of nitrogens with zero attached hydrogens (tertiary/aromatic N) is 1. The van der Waals surface area contributed by atoms with E-state index in [1.807, 2.05) is 19.1 Å². The van der Waals surface area contributed by atoms with E-state index in [-0.39, 0.29) is 5.41 Å². The molecule has 0 aliphatic heterocycles. The maximum absolute atomic E-state index is 9.45. The Balaban J connectivity index is 2.20. The van der Waals surface area contributed by atoms with Gasteiger partial charge in [-0.2, -0.15) is 0 Å². The number of hydrogen-bond acceptors (Lipinski definition) is 3. The van der Waals surface area contributed by atoms with Crippen molar-refractivity contribution in [3.63, 3.8) is 0 Å². The predicted octanol–water partition coefficient (Wildman–Crippen LogP) is 4.53. The van der Waals surface area contributed by atoms with E-state index in [0.717, 1.165) is 11.3 Å². The van der Waals surface area contributed by atoms with Gasteiger partial charge in [-0.1, -0.05) is 32.9 Å². The monoisotopic (exact) mass is 285 g/mol. The average molecular weight is 285 g/mol. The zero-order chi connectivity index (χ0) is 15.6. The molecule has 21 heavy (non-hydrogen) atoms. The number of pyridine rings is 1. The first-order valence-electron chi connectivity index (χ1n) is 7.20. The fraction of sp³-hybridized carbons (Fsp3) is 0.389. The normalized spacial score (nSPS) is 13.0. The lowest BCUT2D eigenvalue weighted by atomic mass is 9.86. The van der Waals surface area contributed by atoms with Gasteiger partial charge in [0.25, 0.3) is 0 Å². The molecule has 1 N–H and O–H groups in total. The molecule has 0 bridgehead atoms. The highest BCUT2D eigenvalue weighted by atomic mass is 16.5. The molecule has 112 valence electrons. The van der Waals surface area contributed by atoms with Crippen molar-refractivity contribution < 1.29 is 9.84 Å². The second-order valence-corrected chi connectivity index (χ2v) is 6.43. The van der Waals surface area contributed by atoms with Crippen molar-refractivity contribution in [3.05, 3.63) is 53.3 Å². The number of rotatable bonds is 3. The molecule has 0 aliphatic rings. The van der Waals surface area contributed by atoms with Gasteiger partial charge < -0.3 is 9.84 Å². The maximum atomic E-state index is 9.45. The molecule has 0 saturated heterocycles. The number of aliphatic hydroxyl groups excluding tert-OH is 1. The summed E-state index contributed by atoms with van der Waals surface area (Å²) in [5, 5.41) is 9.45. The van der Waals surface area contributed by atoms with Crippen LogP contribution in [0.1, 0.15) is 50.6 Å². The lowest BCUT2D eigenvalue weighted by Gasteiger charge is -2.20. The Bertz CT molecular complexity index is 610. The Morgan fingerprint density at radius 2 is 1.86 bits per heavy atom. The van der Waals surface area contributed by atoms with Crippen molar-refractivity contribution in [2.24, 2.45) is 0 Å². The third kappa shape index (κ3) is 3.82. The Labute approximate surface area is 126 Å². The van der Waals surface area contributed by atoms with Crippen LogP contribution in [0.5, 0.6) is 11.5 Å². The van der Waals surface area contributed by atoms with Gasteiger partial charge in [0.1, 0.15) is 11.5 Å². The van der Waals surface area contributed by atoms with Crippen molar-refractivity contribution in [3.8, 4) is 11.5 Å². The van der Waals surface area contributed by atoms with Crippen LogP contribution in [0.4, 0.5) is 0 Å². The Hall–Kier alpha value is -1.87. The van der Waals surface area contributed by atoms with Crippen LogP contribution in [0.15, 0.2) is 36.5 Å². The summed E-state index contributed by atoms with van der Waals surface area (Å²) < 4.78 is 5.87. The van der Waals surface area contributed by atoms with Crippen LogP contribution in [0.25, 0.3) is 0 Å². The molecular formula is C18H23NO2. The molecule has 0 fully saturated rings. The number of hydrogen-bond donors (Lipinski definition) is 1. The zero-order valence-electron chi connectivity index (χ0n) is 13.3. The van der Waals surface area contributed by atoms with Gasteiger partial charge in [0.05, 0.1) is 18.0 Å². The Morgan fingerprint density at radius 3 is 2.33 bits per heavy atom. The minimum absolute atomic E-state index is 0.129. The van der Waals surface area contributed by atoms with Gasteiger partial charge in [-0.25, -0.2) is 0 Å². The lowest BCUT2D eigenvalue weighted by Crippen LogP contribution is -2.11. The van der Waals surface area contributed by atoms with E-state index in [2.05, 4.69) is 37.9 Å². The highest BCUT2D eigenvalue weighted by Crippen LogP contribution is 2.30. The topological polar surface area (TPSA) is 42.4 Å². The molecule has 0 spiro atoms. The second-order valence-electron chi connectivity index (χ2n) is 6.43. The van der Waals surface area contributed by atoms with Gasteiger partial charge in [0.2, 0.25) is 0 Å². The van der Waals surface area contributed by atoms with Crippen LogP contribution < -0.4 is 4.74 Å². The highest BCUT2D eigenvalue weighted by Gasteiger charge is 2.15. The summed E-state index contributed by atoms with van der Waals surface area (Å²) in [6, 6.07) is 9.86. The van der Waals surface area contributed by atoms with E-state index < -0.39 is 6.10 Å². The first kappa shape index (κ1) is 15.5. The van der Waals surface area contributed by atoms with Gasteiger partial charge in [-0.3, -0.25) is 4.98 Å². The highest BCUT2D eigenvalue weighted by molar-refractivity contribution is 5.41. The minimum atomic E-state index is -0.563. The van der Waals surface area contributed by atoms with Crippen molar-refractivity contribution in [2.75, 3.05) is 0 Å². The van der Waals surface area contributed by atoms with Crippen LogP contribution in [0.3, 0.4) is 0 Å². The quantitative estimate of drug-likeness (QED) is 0.900. The van der Waals surface area contributed by atoms with Crippen molar-refractivity contribution in [1.82, 2.24) is 4.98 Å². The van der Waals surface area contributed by atoms with Gasteiger partial charge in [-0.15, -0.1) is 0 Å². The fourth-order valence-electron chi connectivity index (χ4n) is 2.06. The summed E-state index contributed by atoms with van der Waals surface area (Å²) in [5.41, 5.74) is 3.16. The van der Waals surface area contributed by atoms with Crippen molar-refractivity contribution in [1.29, 1.82) is 0 Å². The number of aryl methyl sites for hydroxylation is 1. The minimum Gasteiger partial charge on any atom is -0.455 e. The molecule has 1 atom stereocenters. The van der Waals surface area contributed by atoms with E-state index in [1.54, 1.807) is 19.2 Å². The van der Waals surface area contributed by atoms with Crippen LogP contribution in [0.2, 0.25) is 0 Å². The smallest absolute Gasteiger partial charge is 0.145 e. The van der Waals surface area contributed by atoms with Crippen LogP contribution in [-0.4, -0.2) is 10.1 Å². The van der Waals surface area contributed by atoms with Gasteiger partial charge in [0, 0.05) is 0 Å². The van der Waals surface area contributed by atoms with Gasteiger partial charge in [-0.05, 0) is 48.6 Å². The number of ether oxygens (including phenoxy) is 1. The Morgan fingerprint density at radius 1 is 1.14 bits per heavy atom. The van der Waals surface area contributed by atoms with E-state index >= 15 is 0 Å². The zero-order valence-corrected chi connectivity index (χ0v) is 13.3. The van der Waals surface area contributed by atoms with E-state index in [1.165, 1.54) is 5.56 Å². The number of aromatic nitrogens is 1. The largest absolute Gasteiger partial charge is 0.455 e. The summed E-state index contributed by atoms with van der Waals surface area (Å²) in [6.07, 6.45) is 1.07. The molecule has 2 aromatic rings. The average Bonchev–Trinajstić information content (AvgIpc) is 2.40. The summed E-state index contributed by atoms with van der Waals surface area (Å²) in [4.78, 5) is 4.19. The summed E-state index contributed by atoms with van der Waals surface area (Å²) in [5.74, 6) is 1.50. The third-order valence-electron chi connectivity index (χ3n) is 3.46. The van der Waals surface area contributed by atoms with Crippen molar-refractivity contribution in [2.45, 2.75) is 46.1 Å². The molecule has 3 heteroatoms. The van der Waals surface area contributed by atoms with Crippen LogP contribution in [0, 0.1) is 6.92 Å². The SMILES string of the molecule is Cc1cc(C(C)(C)C)ccc1Oc1ccc([C@@H](C)O)nc1. The summed E-state index contributed by atoms with van der Waals surface area (Å²) in [6.45, 7) is 10.3. The lowest BCUT2D eigenvalue weighted by molar-refractivity contribution is 0.194. The molecule has 1 aromatic carbocycles. The third-order valence-corrected chi connectivity index (χ3v) is 3.46. The van der Waals surface area contributed by atoms with E-state index in [9.17, 15) is 5.11 Å².